The van der Waals surface area contributed by atoms with E-state index in [1.165, 1.54) is 51.5 Å². The highest BCUT2D eigenvalue weighted by Gasteiger charge is 2.23. The summed E-state index contributed by atoms with van der Waals surface area (Å²) in [4.78, 5) is 2.72. The van der Waals surface area contributed by atoms with Gasteiger partial charge in [-0.3, -0.25) is 4.90 Å². The highest BCUT2D eigenvalue weighted by Crippen LogP contribution is 2.23. The van der Waals surface area contributed by atoms with Crippen molar-refractivity contribution in [1.29, 1.82) is 0 Å². The zero-order valence-corrected chi connectivity index (χ0v) is 12.1. The van der Waals surface area contributed by atoms with Crippen LogP contribution in [-0.4, -0.2) is 30.1 Å². The third kappa shape index (κ3) is 4.97. The lowest BCUT2D eigenvalue weighted by Gasteiger charge is -2.39. The van der Waals surface area contributed by atoms with Crippen LogP contribution in [-0.2, 0) is 0 Å². The van der Waals surface area contributed by atoms with Crippen LogP contribution in [0, 0.1) is 5.92 Å². The molecule has 1 aliphatic rings. The van der Waals surface area contributed by atoms with Gasteiger partial charge in [-0.2, -0.15) is 0 Å². The molecule has 0 aromatic carbocycles. The van der Waals surface area contributed by atoms with Gasteiger partial charge in [0.15, 0.2) is 0 Å². The van der Waals surface area contributed by atoms with Gasteiger partial charge < -0.3 is 5.73 Å². The summed E-state index contributed by atoms with van der Waals surface area (Å²) in [6.45, 7) is 9.24. The fraction of sp³-hybridized carbons (Fsp3) is 1.00. The first-order valence-electron chi connectivity index (χ1n) is 7.64. The largest absolute Gasteiger partial charge is 0.330 e. The number of nitrogens with two attached hydrogens (primary N) is 1. The Hall–Kier alpha value is -0.0800. The Bertz CT molecular complexity index is 183. The predicted molar refractivity (Wildman–Crippen MR) is 76.2 cm³/mol. The van der Waals surface area contributed by atoms with Gasteiger partial charge in [-0.25, -0.2) is 0 Å². The molecule has 0 amide bonds. The van der Waals surface area contributed by atoms with Gasteiger partial charge in [0.2, 0.25) is 0 Å². The predicted octanol–water partition coefficient (Wildman–Crippen LogP) is 3.40. The smallest absolute Gasteiger partial charge is 0.00697 e. The summed E-state index contributed by atoms with van der Waals surface area (Å²) < 4.78 is 0. The zero-order chi connectivity index (χ0) is 12.7. The highest BCUT2D eigenvalue weighted by atomic mass is 15.2. The standard InChI is InChI=1S/C15H32N2/c1-4-15(10-11-16)9-6-12-17-13(2)7-5-8-14(17)3/h13-15H,4-12,16H2,1-3H3. The highest BCUT2D eigenvalue weighted by molar-refractivity contribution is 4.79. The lowest BCUT2D eigenvalue weighted by Crippen LogP contribution is -2.44. The molecule has 0 radical (unpaired) electrons. The lowest BCUT2D eigenvalue weighted by molar-refractivity contribution is 0.0993. The van der Waals surface area contributed by atoms with Crippen molar-refractivity contribution in [3.8, 4) is 0 Å². The van der Waals surface area contributed by atoms with Gasteiger partial charge in [-0.1, -0.05) is 19.8 Å². The Morgan fingerprint density at radius 3 is 2.35 bits per heavy atom. The molecule has 2 heteroatoms. The molecule has 17 heavy (non-hydrogen) atoms. The average Bonchev–Trinajstić information content (AvgIpc) is 2.31. The maximum Gasteiger partial charge on any atom is 0.00697 e. The minimum absolute atomic E-state index is 0.799. The van der Waals surface area contributed by atoms with E-state index >= 15 is 0 Å². The van der Waals surface area contributed by atoms with Crippen LogP contribution in [0.2, 0.25) is 0 Å². The second-order valence-electron chi connectivity index (χ2n) is 5.86. The number of nitrogens with zero attached hydrogens (tertiary/aromatic N) is 1. The number of hydrogen-bond donors (Lipinski definition) is 1. The van der Waals surface area contributed by atoms with Crippen molar-refractivity contribution in [3.63, 3.8) is 0 Å². The molecule has 102 valence electrons. The average molecular weight is 240 g/mol. The Labute approximate surface area is 108 Å². The molecule has 1 aliphatic heterocycles. The molecule has 0 saturated carbocycles. The SMILES string of the molecule is CCC(CCN)CCCN1C(C)CCCC1C. The maximum atomic E-state index is 5.65. The summed E-state index contributed by atoms with van der Waals surface area (Å²) in [7, 11) is 0. The van der Waals surface area contributed by atoms with E-state index in [0.717, 1.165) is 24.5 Å². The lowest BCUT2D eigenvalue weighted by atomic mass is 9.94. The maximum absolute atomic E-state index is 5.65. The fourth-order valence-corrected chi connectivity index (χ4v) is 3.27. The Balaban J connectivity index is 2.24. The van der Waals surface area contributed by atoms with Crippen molar-refractivity contribution in [2.45, 2.75) is 77.8 Å². The van der Waals surface area contributed by atoms with Crippen LogP contribution in [0.4, 0.5) is 0 Å². The van der Waals surface area contributed by atoms with E-state index in [2.05, 4.69) is 25.7 Å². The Morgan fingerprint density at radius 2 is 1.82 bits per heavy atom. The van der Waals surface area contributed by atoms with Crippen molar-refractivity contribution in [2.75, 3.05) is 13.1 Å². The van der Waals surface area contributed by atoms with Crippen molar-refractivity contribution in [1.82, 2.24) is 4.90 Å². The quantitative estimate of drug-likeness (QED) is 0.739. The summed E-state index contributed by atoms with van der Waals surface area (Å²) in [5.74, 6) is 0.857. The molecule has 1 fully saturated rings. The van der Waals surface area contributed by atoms with Crippen molar-refractivity contribution >= 4 is 0 Å². The molecule has 0 spiro atoms. The molecule has 1 saturated heterocycles. The fourth-order valence-electron chi connectivity index (χ4n) is 3.27. The first kappa shape index (κ1) is 15.0. The van der Waals surface area contributed by atoms with Gasteiger partial charge in [0.25, 0.3) is 0 Å². The first-order valence-corrected chi connectivity index (χ1v) is 7.64. The van der Waals surface area contributed by atoms with Crippen molar-refractivity contribution < 1.29 is 0 Å². The Morgan fingerprint density at radius 1 is 1.18 bits per heavy atom. The molecule has 3 unspecified atom stereocenters. The molecule has 0 aromatic heterocycles. The summed E-state index contributed by atoms with van der Waals surface area (Å²) in [5.41, 5.74) is 5.65. The molecule has 2 N–H and O–H groups in total. The van der Waals surface area contributed by atoms with E-state index in [4.69, 9.17) is 5.73 Å². The van der Waals surface area contributed by atoms with E-state index in [0.29, 0.717) is 0 Å². The van der Waals surface area contributed by atoms with Gasteiger partial charge in [-0.15, -0.1) is 0 Å². The van der Waals surface area contributed by atoms with Gasteiger partial charge in [-0.05, 0) is 65.0 Å². The van der Waals surface area contributed by atoms with Crippen LogP contribution in [0.5, 0.6) is 0 Å². The number of rotatable bonds is 7. The minimum Gasteiger partial charge on any atom is -0.330 e. The molecule has 1 rings (SSSR count). The van der Waals surface area contributed by atoms with Crippen LogP contribution < -0.4 is 5.73 Å². The molecule has 1 heterocycles. The number of piperidine rings is 1. The third-order valence-corrected chi connectivity index (χ3v) is 4.56. The van der Waals surface area contributed by atoms with Crippen molar-refractivity contribution in [3.05, 3.63) is 0 Å². The minimum atomic E-state index is 0.799. The van der Waals surface area contributed by atoms with Crippen molar-refractivity contribution in [2.24, 2.45) is 11.7 Å². The molecular weight excluding hydrogens is 208 g/mol. The van der Waals surface area contributed by atoms with E-state index in [9.17, 15) is 0 Å². The van der Waals surface area contributed by atoms with E-state index in [1.54, 1.807) is 0 Å². The zero-order valence-electron chi connectivity index (χ0n) is 12.1. The van der Waals surface area contributed by atoms with E-state index in [1.807, 2.05) is 0 Å². The van der Waals surface area contributed by atoms with E-state index in [-0.39, 0.29) is 0 Å². The van der Waals surface area contributed by atoms with E-state index < -0.39 is 0 Å². The summed E-state index contributed by atoms with van der Waals surface area (Å²) in [6.07, 6.45) is 9.43. The molecule has 0 aromatic rings. The molecular formula is C15H32N2. The molecule has 2 nitrogen and oxygen atoms in total. The number of hydrogen-bond acceptors (Lipinski definition) is 2. The molecule has 0 bridgehead atoms. The van der Waals surface area contributed by atoms with Crippen LogP contribution in [0.25, 0.3) is 0 Å². The van der Waals surface area contributed by atoms with Gasteiger partial charge in [0, 0.05) is 12.1 Å². The summed E-state index contributed by atoms with van der Waals surface area (Å²) in [6, 6.07) is 1.60. The van der Waals surface area contributed by atoms with Crippen LogP contribution in [0.1, 0.15) is 65.7 Å². The normalized spacial score (nSPS) is 28.2. The second kappa shape index (κ2) is 8.10. The number of likely N-dealkylation sites (tertiary alicyclic amines) is 1. The van der Waals surface area contributed by atoms with Crippen LogP contribution in [0.15, 0.2) is 0 Å². The third-order valence-electron chi connectivity index (χ3n) is 4.56. The second-order valence-corrected chi connectivity index (χ2v) is 5.86. The topological polar surface area (TPSA) is 29.3 Å². The van der Waals surface area contributed by atoms with Crippen LogP contribution in [0.3, 0.4) is 0 Å². The van der Waals surface area contributed by atoms with Gasteiger partial charge in [0.05, 0.1) is 0 Å². The Kier molecular flexibility index (Phi) is 7.14. The van der Waals surface area contributed by atoms with Crippen LogP contribution >= 0.6 is 0 Å². The van der Waals surface area contributed by atoms with Gasteiger partial charge >= 0.3 is 0 Å². The van der Waals surface area contributed by atoms with Gasteiger partial charge in [0.1, 0.15) is 0 Å². The molecule has 0 aliphatic carbocycles. The summed E-state index contributed by atoms with van der Waals surface area (Å²) in [5, 5.41) is 0. The summed E-state index contributed by atoms with van der Waals surface area (Å²) >= 11 is 0. The molecule has 3 atom stereocenters. The monoisotopic (exact) mass is 240 g/mol. The first-order chi connectivity index (χ1) is 8.19.